The monoisotopic (exact) mass is 496 g/mol. The van der Waals surface area contributed by atoms with Crippen LogP contribution in [0.5, 0.6) is 0 Å². The minimum atomic E-state index is -0.251. The highest BCUT2D eigenvalue weighted by molar-refractivity contribution is 14.0. The normalized spacial score (nSPS) is 17.0. The number of hydrogen-bond acceptors (Lipinski definition) is 3. The predicted octanol–water partition coefficient (Wildman–Crippen LogP) is 4.35. The number of furan rings is 1. The highest BCUT2D eigenvalue weighted by Crippen LogP contribution is 2.16. The number of likely N-dealkylation sites (tertiary alicyclic amines) is 1. The Hall–Kier alpha value is -2.03. The second kappa shape index (κ2) is 11.1. The van der Waals surface area contributed by atoms with Crippen LogP contribution in [0.15, 0.2) is 52.1 Å². The van der Waals surface area contributed by atoms with Gasteiger partial charge in [-0.1, -0.05) is 19.1 Å². The highest BCUT2D eigenvalue weighted by atomic mass is 127. The van der Waals surface area contributed by atoms with Crippen LogP contribution in [0.4, 0.5) is 5.69 Å². The summed E-state index contributed by atoms with van der Waals surface area (Å²) in [6, 6.07) is 11.1. The molecule has 2 aromatic rings. The van der Waals surface area contributed by atoms with Crippen molar-refractivity contribution in [3.63, 3.8) is 0 Å². The van der Waals surface area contributed by atoms with Crippen molar-refractivity contribution < 1.29 is 9.21 Å². The largest absolute Gasteiger partial charge is 0.459 e. The number of halogens is 1. The van der Waals surface area contributed by atoms with E-state index >= 15 is 0 Å². The van der Waals surface area contributed by atoms with Crippen LogP contribution in [0.2, 0.25) is 0 Å². The van der Waals surface area contributed by atoms with Gasteiger partial charge in [0, 0.05) is 25.3 Å². The molecule has 1 atom stereocenters. The van der Waals surface area contributed by atoms with Gasteiger partial charge in [-0.05, 0) is 55.5 Å². The smallest absolute Gasteiger partial charge is 0.291 e. The molecule has 2 N–H and O–H groups in total. The van der Waals surface area contributed by atoms with E-state index in [2.05, 4.69) is 29.4 Å². The molecule has 1 amide bonds. The van der Waals surface area contributed by atoms with E-state index in [-0.39, 0.29) is 29.9 Å². The molecule has 2 heterocycles. The molecule has 7 heteroatoms. The Morgan fingerprint density at radius 2 is 2.07 bits per heavy atom. The summed E-state index contributed by atoms with van der Waals surface area (Å²) in [5.74, 6) is 1.74. The van der Waals surface area contributed by atoms with Gasteiger partial charge in [-0.3, -0.25) is 4.79 Å². The lowest BCUT2D eigenvalue weighted by Gasteiger charge is -2.33. The molecule has 0 aliphatic carbocycles. The summed E-state index contributed by atoms with van der Waals surface area (Å²) in [6.07, 6.45) is 4.00. The van der Waals surface area contributed by atoms with Gasteiger partial charge >= 0.3 is 0 Å². The molecule has 1 aromatic carbocycles. The lowest BCUT2D eigenvalue weighted by Crippen LogP contribution is -2.46. The van der Waals surface area contributed by atoms with E-state index in [4.69, 9.17) is 9.41 Å². The fourth-order valence-corrected chi connectivity index (χ4v) is 3.27. The molecule has 6 nitrogen and oxygen atoms in total. The van der Waals surface area contributed by atoms with Crippen LogP contribution >= 0.6 is 24.0 Å². The zero-order valence-corrected chi connectivity index (χ0v) is 18.8. The minimum absolute atomic E-state index is 0. The van der Waals surface area contributed by atoms with Crippen molar-refractivity contribution in [3.8, 4) is 0 Å². The van der Waals surface area contributed by atoms with Gasteiger partial charge < -0.3 is 20.0 Å². The first kappa shape index (κ1) is 22.3. The van der Waals surface area contributed by atoms with Gasteiger partial charge in [0.1, 0.15) is 0 Å². The van der Waals surface area contributed by atoms with E-state index < -0.39 is 0 Å². The van der Waals surface area contributed by atoms with Crippen LogP contribution in [0.25, 0.3) is 0 Å². The molecule has 0 bridgehead atoms. The molecule has 1 unspecified atom stereocenters. The Morgan fingerprint density at radius 1 is 1.29 bits per heavy atom. The second-order valence-corrected chi connectivity index (χ2v) is 6.99. The maximum atomic E-state index is 12.0. The molecular formula is C21H29IN4O2. The number of hydrogen-bond donors (Lipinski definition) is 2. The number of benzene rings is 1. The Kier molecular flexibility index (Phi) is 8.82. The van der Waals surface area contributed by atoms with Crippen molar-refractivity contribution in [2.75, 3.05) is 25.0 Å². The molecule has 1 fully saturated rings. The number of anilines is 1. The summed E-state index contributed by atoms with van der Waals surface area (Å²) in [4.78, 5) is 19.2. The molecule has 3 rings (SSSR count). The van der Waals surface area contributed by atoms with Gasteiger partial charge in [-0.2, -0.15) is 0 Å². The Morgan fingerprint density at radius 3 is 2.71 bits per heavy atom. The summed E-state index contributed by atoms with van der Waals surface area (Å²) < 4.78 is 5.10. The molecule has 152 valence electrons. The van der Waals surface area contributed by atoms with E-state index in [0.29, 0.717) is 18.2 Å². The fourth-order valence-electron chi connectivity index (χ4n) is 3.27. The summed E-state index contributed by atoms with van der Waals surface area (Å²) >= 11 is 0. The summed E-state index contributed by atoms with van der Waals surface area (Å²) in [7, 11) is 0. The summed E-state index contributed by atoms with van der Waals surface area (Å²) in [5, 5.41) is 6.23. The van der Waals surface area contributed by atoms with Crippen molar-refractivity contribution in [1.82, 2.24) is 10.2 Å². The third kappa shape index (κ3) is 6.25. The van der Waals surface area contributed by atoms with Gasteiger partial charge in [0.2, 0.25) is 0 Å². The topological polar surface area (TPSA) is 69.9 Å². The van der Waals surface area contributed by atoms with Gasteiger partial charge in [0.05, 0.1) is 12.8 Å². The third-order valence-electron chi connectivity index (χ3n) is 4.66. The number of carbonyl (C=O) groups is 1. The van der Waals surface area contributed by atoms with E-state index in [1.54, 1.807) is 12.1 Å². The summed E-state index contributed by atoms with van der Waals surface area (Å²) in [6.45, 7) is 7.99. The SMILES string of the molecule is CCNC(=NCc1ccc(NC(=O)c2ccco2)cc1)N1CCCC(C)C1.I. The number of nitrogens with one attached hydrogen (secondary N) is 2. The van der Waals surface area contributed by atoms with E-state index in [1.165, 1.54) is 19.1 Å². The zero-order valence-electron chi connectivity index (χ0n) is 16.5. The van der Waals surface area contributed by atoms with Crippen LogP contribution < -0.4 is 10.6 Å². The van der Waals surface area contributed by atoms with Crippen LogP contribution in [-0.4, -0.2) is 36.4 Å². The molecule has 28 heavy (non-hydrogen) atoms. The minimum Gasteiger partial charge on any atom is -0.459 e. The second-order valence-electron chi connectivity index (χ2n) is 6.99. The number of carbonyl (C=O) groups excluding carboxylic acids is 1. The fraction of sp³-hybridized carbons (Fsp3) is 0.429. The molecule has 0 saturated carbocycles. The van der Waals surface area contributed by atoms with Gasteiger partial charge in [-0.15, -0.1) is 24.0 Å². The van der Waals surface area contributed by atoms with Crippen LogP contribution in [0.1, 0.15) is 42.8 Å². The van der Waals surface area contributed by atoms with Gasteiger partial charge in [0.15, 0.2) is 11.7 Å². The number of rotatable bonds is 5. The molecule has 1 saturated heterocycles. The lowest BCUT2D eigenvalue weighted by molar-refractivity contribution is 0.0996. The lowest BCUT2D eigenvalue weighted by atomic mass is 10.0. The predicted molar refractivity (Wildman–Crippen MR) is 123 cm³/mol. The average molecular weight is 496 g/mol. The molecule has 1 aliphatic rings. The van der Waals surface area contributed by atoms with Crippen molar-refractivity contribution in [3.05, 3.63) is 54.0 Å². The Balaban J connectivity index is 0.00000280. The standard InChI is InChI=1S/C21H28N4O2.HI/c1-3-22-21(25-12-4-6-16(2)15-25)23-14-17-8-10-18(11-9-17)24-20(26)19-7-5-13-27-19;/h5,7-11,13,16H,3-4,6,12,14-15H2,1-2H3,(H,22,23)(H,24,26);1H. The van der Waals surface area contributed by atoms with Crippen molar-refractivity contribution in [2.24, 2.45) is 10.9 Å². The quantitative estimate of drug-likeness (QED) is 0.367. The third-order valence-corrected chi connectivity index (χ3v) is 4.66. The maximum absolute atomic E-state index is 12.0. The maximum Gasteiger partial charge on any atom is 0.291 e. The molecular weight excluding hydrogens is 467 g/mol. The first-order valence-corrected chi connectivity index (χ1v) is 9.62. The molecule has 0 spiro atoms. The molecule has 1 aliphatic heterocycles. The van der Waals surface area contributed by atoms with E-state index in [0.717, 1.165) is 36.8 Å². The van der Waals surface area contributed by atoms with Crippen molar-refractivity contribution in [2.45, 2.75) is 33.2 Å². The van der Waals surface area contributed by atoms with E-state index in [9.17, 15) is 4.79 Å². The van der Waals surface area contributed by atoms with Crippen molar-refractivity contribution >= 4 is 41.5 Å². The van der Waals surface area contributed by atoms with Gasteiger partial charge in [0.25, 0.3) is 5.91 Å². The first-order valence-electron chi connectivity index (χ1n) is 9.62. The Labute approximate surface area is 183 Å². The number of guanidine groups is 1. The van der Waals surface area contributed by atoms with Crippen molar-refractivity contribution in [1.29, 1.82) is 0 Å². The zero-order chi connectivity index (χ0) is 19.1. The number of nitrogens with zero attached hydrogens (tertiary/aromatic N) is 2. The van der Waals surface area contributed by atoms with Crippen LogP contribution in [0.3, 0.4) is 0 Å². The number of aliphatic imine (C=N–C) groups is 1. The molecule has 1 aromatic heterocycles. The number of amides is 1. The first-order chi connectivity index (χ1) is 13.2. The van der Waals surface area contributed by atoms with Gasteiger partial charge in [-0.25, -0.2) is 4.99 Å². The number of piperidine rings is 1. The Bertz CT molecular complexity index is 759. The van der Waals surface area contributed by atoms with Crippen LogP contribution in [-0.2, 0) is 6.54 Å². The molecule has 0 radical (unpaired) electrons. The highest BCUT2D eigenvalue weighted by Gasteiger charge is 2.19. The van der Waals surface area contributed by atoms with E-state index in [1.807, 2.05) is 24.3 Å². The summed E-state index contributed by atoms with van der Waals surface area (Å²) in [5.41, 5.74) is 1.84. The van der Waals surface area contributed by atoms with Crippen LogP contribution in [0, 0.1) is 5.92 Å². The average Bonchev–Trinajstić information content (AvgIpc) is 3.21.